The van der Waals surface area contributed by atoms with Crippen molar-refractivity contribution in [3.63, 3.8) is 0 Å². The number of nitrogens with two attached hydrogens (primary N) is 2. The first-order chi connectivity index (χ1) is 5.99. The molecule has 2 unspecified atom stereocenters. The lowest BCUT2D eigenvalue weighted by molar-refractivity contribution is 0.107. The first kappa shape index (κ1) is 11.1. The molecule has 0 aromatic heterocycles. The maximum Gasteiger partial charge on any atom is 0.473 e. The molecule has 5 N–H and O–H groups in total. The zero-order valence-electron chi connectivity index (χ0n) is 7.26. The number of phosphoric acid groups is 1. The van der Waals surface area contributed by atoms with Crippen LogP contribution in [0.5, 0.6) is 0 Å². The second kappa shape index (κ2) is 4.50. The summed E-state index contributed by atoms with van der Waals surface area (Å²) in [5.41, 5.74) is 11.0. The molecule has 13 heavy (non-hydrogen) atoms. The fraction of sp³-hybridized carbons (Fsp3) is 1.00. The molecule has 0 spiro atoms. The van der Waals surface area contributed by atoms with Gasteiger partial charge in [0, 0.05) is 6.04 Å². The molecule has 1 aliphatic heterocycles. The zero-order valence-corrected chi connectivity index (χ0v) is 8.15. The van der Waals surface area contributed by atoms with Crippen molar-refractivity contribution in [3.05, 3.63) is 0 Å². The largest absolute Gasteiger partial charge is 0.473 e. The van der Waals surface area contributed by atoms with Crippen molar-refractivity contribution in [1.82, 2.24) is 0 Å². The molecule has 78 valence electrons. The third-order valence-corrected chi connectivity index (χ3v) is 2.80. The van der Waals surface area contributed by atoms with Crippen molar-refractivity contribution in [2.75, 3.05) is 6.61 Å². The SMILES string of the molecule is NC1CCC[C@@H](N)OP(=O)(O)OC1. The molecule has 0 aliphatic carbocycles. The molecule has 0 amide bonds. The van der Waals surface area contributed by atoms with Crippen molar-refractivity contribution in [3.8, 4) is 0 Å². The van der Waals surface area contributed by atoms with Crippen LogP contribution in [0.1, 0.15) is 19.3 Å². The molecular weight excluding hydrogens is 195 g/mol. The number of rotatable bonds is 0. The average Bonchev–Trinajstić information content (AvgIpc) is 2.03. The van der Waals surface area contributed by atoms with Gasteiger partial charge < -0.3 is 16.4 Å². The van der Waals surface area contributed by atoms with E-state index in [9.17, 15) is 4.57 Å². The second-order valence-electron chi connectivity index (χ2n) is 3.10. The summed E-state index contributed by atoms with van der Waals surface area (Å²) in [6, 6.07) is -0.227. The van der Waals surface area contributed by atoms with Gasteiger partial charge in [-0.25, -0.2) is 4.57 Å². The van der Waals surface area contributed by atoms with Crippen molar-refractivity contribution in [2.45, 2.75) is 31.5 Å². The van der Waals surface area contributed by atoms with Crippen LogP contribution < -0.4 is 11.5 Å². The molecule has 0 aromatic carbocycles. The van der Waals surface area contributed by atoms with Gasteiger partial charge in [-0.05, 0) is 19.3 Å². The van der Waals surface area contributed by atoms with Crippen molar-refractivity contribution in [2.24, 2.45) is 11.5 Å². The predicted octanol–water partition coefficient (Wildman–Crippen LogP) is -0.0840. The van der Waals surface area contributed by atoms with E-state index in [0.29, 0.717) is 6.42 Å². The molecule has 0 radical (unpaired) electrons. The molecule has 0 bridgehead atoms. The van der Waals surface area contributed by atoms with Crippen molar-refractivity contribution >= 4 is 7.82 Å². The van der Waals surface area contributed by atoms with E-state index in [1.165, 1.54) is 0 Å². The highest BCUT2D eigenvalue weighted by atomic mass is 31.2. The van der Waals surface area contributed by atoms with Crippen LogP contribution in [0.15, 0.2) is 0 Å². The highest BCUT2D eigenvalue weighted by Crippen LogP contribution is 2.45. The topological polar surface area (TPSA) is 108 Å². The van der Waals surface area contributed by atoms with Crippen LogP contribution in [-0.4, -0.2) is 23.8 Å². The van der Waals surface area contributed by atoms with E-state index >= 15 is 0 Å². The molecule has 1 saturated heterocycles. The maximum atomic E-state index is 11.1. The first-order valence-corrected chi connectivity index (χ1v) is 5.66. The Bertz CT molecular complexity index is 213. The lowest BCUT2D eigenvalue weighted by Crippen LogP contribution is -2.25. The van der Waals surface area contributed by atoms with Crippen LogP contribution >= 0.6 is 7.82 Å². The van der Waals surface area contributed by atoms with Crippen LogP contribution in [0.2, 0.25) is 0 Å². The summed E-state index contributed by atoms with van der Waals surface area (Å²) in [6.07, 6.45) is 1.26. The molecule has 0 aromatic rings. The monoisotopic (exact) mass is 210 g/mol. The Morgan fingerprint density at radius 1 is 1.38 bits per heavy atom. The van der Waals surface area contributed by atoms with Crippen LogP contribution in [0, 0.1) is 0 Å². The Morgan fingerprint density at radius 2 is 2.08 bits per heavy atom. The molecule has 1 fully saturated rings. The van der Waals surface area contributed by atoms with Gasteiger partial charge in [-0.1, -0.05) is 0 Å². The van der Waals surface area contributed by atoms with E-state index < -0.39 is 14.1 Å². The fourth-order valence-electron chi connectivity index (χ4n) is 1.11. The lowest BCUT2D eigenvalue weighted by Gasteiger charge is -2.15. The lowest BCUT2D eigenvalue weighted by atomic mass is 10.1. The summed E-state index contributed by atoms with van der Waals surface area (Å²) < 4.78 is 20.3. The van der Waals surface area contributed by atoms with Gasteiger partial charge in [-0.2, -0.15) is 0 Å². The smallest absolute Gasteiger partial charge is 0.326 e. The Kier molecular flexibility index (Phi) is 3.85. The van der Waals surface area contributed by atoms with Crippen molar-refractivity contribution < 1.29 is 18.5 Å². The average molecular weight is 210 g/mol. The van der Waals surface area contributed by atoms with E-state index in [2.05, 4.69) is 9.05 Å². The molecule has 3 atom stereocenters. The number of hydrogen-bond donors (Lipinski definition) is 3. The van der Waals surface area contributed by atoms with E-state index in [-0.39, 0.29) is 12.6 Å². The molecule has 7 heteroatoms. The van der Waals surface area contributed by atoms with Crippen LogP contribution in [0.25, 0.3) is 0 Å². The highest BCUT2D eigenvalue weighted by molar-refractivity contribution is 7.47. The van der Waals surface area contributed by atoms with E-state index in [1.807, 2.05) is 0 Å². The van der Waals surface area contributed by atoms with Gasteiger partial charge in [0.1, 0.15) is 6.23 Å². The molecule has 1 heterocycles. The Balaban J connectivity index is 2.56. The second-order valence-corrected chi connectivity index (χ2v) is 4.51. The van der Waals surface area contributed by atoms with Crippen LogP contribution in [0.4, 0.5) is 0 Å². The van der Waals surface area contributed by atoms with Gasteiger partial charge in [0.05, 0.1) is 6.61 Å². The minimum atomic E-state index is -3.98. The predicted molar refractivity (Wildman–Crippen MR) is 46.7 cm³/mol. The summed E-state index contributed by atoms with van der Waals surface area (Å²) in [5.74, 6) is 0. The normalized spacial score (nSPS) is 43.3. The number of phosphoric ester groups is 1. The Labute approximate surface area is 76.8 Å². The van der Waals surface area contributed by atoms with Gasteiger partial charge in [0.2, 0.25) is 0 Å². The maximum absolute atomic E-state index is 11.1. The molecule has 1 rings (SSSR count). The summed E-state index contributed by atoms with van der Waals surface area (Å²) in [7, 11) is -3.98. The molecular formula is C6H15N2O4P. The minimum absolute atomic E-state index is 0.0283. The van der Waals surface area contributed by atoms with Gasteiger partial charge >= 0.3 is 7.82 Å². The third kappa shape index (κ3) is 4.17. The van der Waals surface area contributed by atoms with Gasteiger partial charge in [0.25, 0.3) is 0 Å². The van der Waals surface area contributed by atoms with Gasteiger partial charge in [0.15, 0.2) is 0 Å². The standard InChI is InChI=1S/C6H15N2O4P/c7-5-2-1-3-6(8)12-13(9,10)11-4-5/h5-6H,1-4,7-8H2,(H,9,10)/t5?,6-/m0/s1. The van der Waals surface area contributed by atoms with Crippen LogP contribution in [-0.2, 0) is 13.6 Å². The molecule has 1 aliphatic rings. The van der Waals surface area contributed by atoms with Crippen LogP contribution in [0.3, 0.4) is 0 Å². The van der Waals surface area contributed by atoms with E-state index in [0.717, 1.165) is 12.8 Å². The fourth-order valence-corrected chi connectivity index (χ4v) is 2.00. The quantitative estimate of drug-likeness (QED) is 0.482. The zero-order chi connectivity index (χ0) is 9.90. The first-order valence-electron chi connectivity index (χ1n) is 4.16. The van der Waals surface area contributed by atoms with Gasteiger partial charge in [-0.3, -0.25) is 9.05 Å². The molecule has 0 saturated carbocycles. The summed E-state index contributed by atoms with van der Waals surface area (Å²) in [5, 5.41) is 0. The van der Waals surface area contributed by atoms with E-state index in [1.54, 1.807) is 0 Å². The van der Waals surface area contributed by atoms with Crippen molar-refractivity contribution in [1.29, 1.82) is 0 Å². The molecule has 6 nitrogen and oxygen atoms in total. The number of hydrogen-bond acceptors (Lipinski definition) is 5. The Hall–Kier alpha value is 0.0300. The highest BCUT2D eigenvalue weighted by Gasteiger charge is 2.27. The van der Waals surface area contributed by atoms with Gasteiger partial charge in [-0.15, -0.1) is 0 Å². The van der Waals surface area contributed by atoms with E-state index in [4.69, 9.17) is 16.4 Å². The summed E-state index contributed by atoms with van der Waals surface area (Å²) in [6.45, 7) is 0.0283. The minimum Gasteiger partial charge on any atom is -0.326 e. The third-order valence-electron chi connectivity index (χ3n) is 1.78. The Morgan fingerprint density at radius 3 is 2.77 bits per heavy atom. The summed E-state index contributed by atoms with van der Waals surface area (Å²) in [4.78, 5) is 9.07. The summed E-state index contributed by atoms with van der Waals surface area (Å²) >= 11 is 0.